The van der Waals surface area contributed by atoms with E-state index in [-0.39, 0.29) is 18.2 Å². The molecule has 0 bridgehead atoms. The molecule has 2 heterocycles. The molecule has 1 aromatic heterocycles. The lowest BCUT2D eigenvalue weighted by molar-refractivity contribution is -0.134. The number of aryl methyl sites for hydroxylation is 2. The first-order valence-electron chi connectivity index (χ1n) is 8.34. The Morgan fingerprint density at radius 1 is 1.16 bits per heavy atom. The van der Waals surface area contributed by atoms with Gasteiger partial charge in [0.15, 0.2) is 5.82 Å². The van der Waals surface area contributed by atoms with Crippen molar-refractivity contribution in [3.8, 4) is 0 Å². The van der Waals surface area contributed by atoms with Gasteiger partial charge in [-0.25, -0.2) is 0 Å². The van der Waals surface area contributed by atoms with Crippen molar-refractivity contribution in [3.63, 3.8) is 0 Å². The zero-order valence-corrected chi connectivity index (χ0v) is 14.5. The molecule has 2 aromatic rings. The smallest absolute Gasteiger partial charge is 0.235 e. The summed E-state index contributed by atoms with van der Waals surface area (Å²) >= 11 is 0. The van der Waals surface area contributed by atoms with E-state index in [1.165, 1.54) is 11.3 Å². The number of nitrogens with one attached hydrogen (secondary N) is 1. The van der Waals surface area contributed by atoms with Crippen molar-refractivity contribution in [2.24, 2.45) is 0 Å². The lowest BCUT2D eigenvalue weighted by atomic mass is 10.2. The Hall–Kier alpha value is -2.83. The summed E-state index contributed by atoms with van der Waals surface area (Å²) in [4.78, 5) is 28.2. The van der Waals surface area contributed by atoms with Gasteiger partial charge in [0.25, 0.3) is 0 Å². The minimum absolute atomic E-state index is 0.165. The first-order valence-corrected chi connectivity index (χ1v) is 8.34. The van der Waals surface area contributed by atoms with Crippen LogP contribution in [-0.4, -0.2) is 48.0 Å². The lowest BCUT2D eigenvalue weighted by Crippen LogP contribution is -2.49. The van der Waals surface area contributed by atoms with E-state index in [9.17, 15) is 9.59 Å². The fourth-order valence-electron chi connectivity index (χ4n) is 2.90. The monoisotopic (exact) mass is 342 g/mol. The predicted molar refractivity (Wildman–Crippen MR) is 94.5 cm³/mol. The fraction of sp³-hybridized carbons (Fsp3) is 0.389. The number of carbonyl (C=O) groups is 2. The third-order valence-electron chi connectivity index (χ3n) is 4.21. The van der Waals surface area contributed by atoms with Crippen molar-refractivity contribution in [3.05, 3.63) is 41.7 Å². The molecular weight excluding hydrogens is 320 g/mol. The number of amides is 2. The van der Waals surface area contributed by atoms with Gasteiger partial charge in [0.2, 0.25) is 11.8 Å². The number of hydrogen-bond donors (Lipinski definition) is 1. The highest BCUT2D eigenvalue weighted by Crippen LogP contribution is 2.18. The molecule has 0 aliphatic carbocycles. The number of carbonyl (C=O) groups excluding carboxylic acids is 2. The minimum atomic E-state index is -0.376. The van der Waals surface area contributed by atoms with E-state index in [2.05, 4.69) is 40.5 Å². The molecule has 0 radical (unpaired) electrons. The molecule has 1 aromatic carbocycles. The number of nitrogens with zero attached hydrogens (tertiary/aromatic N) is 3. The lowest BCUT2D eigenvalue weighted by Gasteiger charge is -2.36. The van der Waals surface area contributed by atoms with Crippen LogP contribution in [0.5, 0.6) is 0 Å². The van der Waals surface area contributed by atoms with E-state index in [0.29, 0.717) is 24.7 Å². The summed E-state index contributed by atoms with van der Waals surface area (Å²) in [6.45, 7) is 6.56. The fourth-order valence-corrected chi connectivity index (χ4v) is 2.90. The first kappa shape index (κ1) is 17.0. The third-order valence-corrected chi connectivity index (χ3v) is 4.21. The zero-order valence-electron chi connectivity index (χ0n) is 14.5. The molecule has 2 amide bonds. The molecule has 1 aliphatic rings. The maximum atomic E-state index is 12.3. The van der Waals surface area contributed by atoms with E-state index >= 15 is 0 Å². The van der Waals surface area contributed by atoms with Gasteiger partial charge in [0.1, 0.15) is 12.2 Å². The largest absolute Gasteiger partial charge is 0.368 e. The summed E-state index contributed by atoms with van der Waals surface area (Å²) in [5, 5.41) is 6.26. The van der Waals surface area contributed by atoms with E-state index in [0.717, 1.165) is 13.1 Å². The topological polar surface area (TPSA) is 78.7 Å². The molecule has 1 N–H and O–H groups in total. The Bertz CT molecular complexity index is 763. The number of rotatable bonds is 4. The second-order valence-corrected chi connectivity index (χ2v) is 6.25. The van der Waals surface area contributed by atoms with Gasteiger partial charge in [-0.3, -0.25) is 9.59 Å². The number of aromatic nitrogens is 1. The molecule has 7 nitrogen and oxygen atoms in total. The van der Waals surface area contributed by atoms with Crippen LogP contribution in [0.25, 0.3) is 0 Å². The normalized spacial score (nSPS) is 14.5. The van der Waals surface area contributed by atoms with Crippen LogP contribution >= 0.6 is 0 Å². The average Bonchev–Trinajstić information content (AvgIpc) is 2.99. The Kier molecular flexibility index (Phi) is 5.02. The highest BCUT2D eigenvalue weighted by Gasteiger charge is 2.23. The zero-order chi connectivity index (χ0) is 17.8. The first-order chi connectivity index (χ1) is 12.0. The van der Waals surface area contributed by atoms with Gasteiger partial charge in [-0.15, -0.1) is 0 Å². The predicted octanol–water partition coefficient (Wildman–Crippen LogP) is 1.97. The van der Waals surface area contributed by atoms with Crippen molar-refractivity contribution >= 4 is 23.3 Å². The average molecular weight is 342 g/mol. The molecule has 0 saturated carbocycles. The van der Waals surface area contributed by atoms with Gasteiger partial charge in [-0.1, -0.05) is 17.3 Å². The summed E-state index contributed by atoms with van der Waals surface area (Å²) in [5.41, 5.74) is 2.39. The molecule has 7 heteroatoms. The third kappa shape index (κ3) is 4.37. The van der Waals surface area contributed by atoms with Gasteiger partial charge < -0.3 is 19.6 Å². The van der Waals surface area contributed by atoms with Crippen LogP contribution in [0.2, 0.25) is 0 Å². The van der Waals surface area contributed by atoms with E-state index in [1.54, 1.807) is 17.9 Å². The minimum Gasteiger partial charge on any atom is -0.368 e. The van der Waals surface area contributed by atoms with Crippen molar-refractivity contribution in [1.29, 1.82) is 0 Å². The van der Waals surface area contributed by atoms with Gasteiger partial charge in [-0.2, -0.15) is 0 Å². The standard InChI is InChI=1S/C18H22N4O3/c1-13-4-3-5-15(10-13)21-6-8-22(9-7-21)18(24)12-17(23)19-16-11-14(2)25-20-16/h3-5,10-11H,6-9,12H2,1-2H3,(H,19,20,23). The van der Waals surface area contributed by atoms with Crippen molar-refractivity contribution in [2.75, 3.05) is 36.4 Å². The Labute approximate surface area is 146 Å². The Morgan fingerprint density at radius 3 is 2.56 bits per heavy atom. The number of benzene rings is 1. The van der Waals surface area contributed by atoms with Crippen molar-refractivity contribution in [1.82, 2.24) is 10.1 Å². The highest BCUT2D eigenvalue weighted by molar-refractivity contribution is 6.03. The van der Waals surface area contributed by atoms with Crippen LogP contribution in [-0.2, 0) is 9.59 Å². The van der Waals surface area contributed by atoms with Crippen molar-refractivity contribution < 1.29 is 14.1 Å². The summed E-state index contributed by atoms with van der Waals surface area (Å²) < 4.78 is 4.88. The molecule has 132 valence electrons. The van der Waals surface area contributed by atoms with Gasteiger partial charge in [0.05, 0.1) is 0 Å². The maximum absolute atomic E-state index is 12.3. The van der Waals surface area contributed by atoms with Gasteiger partial charge in [0, 0.05) is 37.9 Å². The number of hydrogen-bond acceptors (Lipinski definition) is 5. The SMILES string of the molecule is Cc1cccc(N2CCN(C(=O)CC(=O)Nc3cc(C)on3)CC2)c1. The van der Waals surface area contributed by atoms with E-state index in [1.807, 2.05) is 6.07 Å². The second-order valence-electron chi connectivity index (χ2n) is 6.25. The Balaban J connectivity index is 1.49. The van der Waals surface area contributed by atoms with Crippen molar-refractivity contribution in [2.45, 2.75) is 20.3 Å². The number of piperazine rings is 1. The molecule has 3 rings (SSSR count). The summed E-state index contributed by atoms with van der Waals surface area (Å²) in [5.74, 6) is 0.398. The molecule has 0 spiro atoms. The van der Waals surface area contributed by atoms with Crippen LogP contribution in [0.15, 0.2) is 34.9 Å². The molecular formula is C18H22N4O3. The summed E-state index contributed by atoms with van der Waals surface area (Å²) in [6.07, 6.45) is -0.184. The van der Waals surface area contributed by atoms with E-state index < -0.39 is 0 Å². The van der Waals surface area contributed by atoms with Crippen LogP contribution in [0.3, 0.4) is 0 Å². The highest BCUT2D eigenvalue weighted by atomic mass is 16.5. The Morgan fingerprint density at radius 2 is 1.92 bits per heavy atom. The van der Waals surface area contributed by atoms with Gasteiger partial charge >= 0.3 is 0 Å². The molecule has 25 heavy (non-hydrogen) atoms. The molecule has 1 fully saturated rings. The maximum Gasteiger partial charge on any atom is 0.235 e. The number of anilines is 2. The van der Waals surface area contributed by atoms with Crippen LogP contribution in [0.4, 0.5) is 11.5 Å². The summed E-state index contributed by atoms with van der Waals surface area (Å²) in [6, 6.07) is 9.95. The quantitative estimate of drug-likeness (QED) is 0.860. The molecule has 0 unspecified atom stereocenters. The molecule has 1 aliphatic heterocycles. The van der Waals surface area contributed by atoms with Crippen LogP contribution < -0.4 is 10.2 Å². The second kappa shape index (κ2) is 7.38. The molecule has 0 atom stereocenters. The van der Waals surface area contributed by atoms with Crippen LogP contribution in [0, 0.1) is 13.8 Å². The summed E-state index contributed by atoms with van der Waals surface area (Å²) in [7, 11) is 0. The van der Waals surface area contributed by atoms with E-state index in [4.69, 9.17) is 4.52 Å². The van der Waals surface area contributed by atoms with Crippen LogP contribution in [0.1, 0.15) is 17.7 Å². The van der Waals surface area contributed by atoms with Gasteiger partial charge in [-0.05, 0) is 31.5 Å². The molecule has 1 saturated heterocycles.